The third-order valence-electron chi connectivity index (χ3n) is 7.18. The summed E-state index contributed by atoms with van der Waals surface area (Å²) < 4.78 is 10.5. The van der Waals surface area contributed by atoms with Crippen LogP contribution in [0.4, 0.5) is 0 Å². The average molecular weight is 625 g/mol. The lowest BCUT2D eigenvalue weighted by Crippen LogP contribution is -2.14. The Labute approximate surface area is 269 Å². The Morgan fingerprint density at radius 1 is 0.587 bits per heavy atom. The Hall–Kier alpha value is -5.24. The second-order valence-electron chi connectivity index (χ2n) is 10.6. The molecule has 46 heavy (non-hydrogen) atoms. The molecule has 8 nitrogen and oxygen atoms in total. The van der Waals surface area contributed by atoms with Crippen LogP contribution in [0.5, 0.6) is 0 Å². The van der Waals surface area contributed by atoms with Crippen molar-refractivity contribution in [2.45, 2.75) is 59.0 Å². The minimum atomic E-state index is -1.20. The molecule has 0 saturated heterocycles. The quantitative estimate of drug-likeness (QED) is 0.107. The van der Waals surface area contributed by atoms with Gasteiger partial charge in [-0.1, -0.05) is 106 Å². The van der Waals surface area contributed by atoms with Crippen LogP contribution in [-0.4, -0.2) is 40.7 Å². The van der Waals surface area contributed by atoms with E-state index in [4.69, 9.17) is 9.47 Å². The van der Waals surface area contributed by atoms with Crippen molar-refractivity contribution in [2.75, 3.05) is 6.61 Å². The van der Waals surface area contributed by atoms with E-state index < -0.39 is 23.9 Å². The second kappa shape index (κ2) is 18.5. The molecule has 0 aliphatic rings. The molecule has 0 spiro atoms. The Morgan fingerprint density at radius 2 is 1.13 bits per heavy atom. The minimum Gasteiger partial charge on any atom is -0.478 e. The van der Waals surface area contributed by atoms with Gasteiger partial charge in [0, 0.05) is 0 Å². The van der Waals surface area contributed by atoms with E-state index in [1.165, 1.54) is 6.07 Å². The summed E-state index contributed by atoms with van der Waals surface area (Å²) in [5.74, 6) is -3.41. The highest BCUT2D eigenvalue weighted by Gasteiger charge is 2.23. The van der Waals surface area contributed by atoms with Crippen molar-refractivity contribution in [3.05, 3.63) is 142 Å². The lowest BCUT2D eigenvalue weighted by molar-refractivity contribution is 0.0437. The van der Waals surface area contributed by atoms with Crippen LogP contribution in [0.1, 0.15) is 103 Å². The predicted octanol–water partition coefficient (Wildman–Crippen LogP) is 8.02. The predicted molar refractivity (Wildman–Crippen MR) is 175 cm³/mol. The molecule has 0 bridgehead atoms. The summed E-state index contributed by atoms with van der Waals surface area (Å²) in [7, 11) is 0. The van der Waals surface area contributed by atoms with Gasteiger partial charge >= 0.3 is 23.9 Å². The molecule has 0 fully saturated rings. The Morgan fingerprint density at radius 3 is 1.67 bits per heavy atom. The number of benzene rings is 4. The maximum absolute atomic E-state index is 12.2. The monoisotopic (exact) mass is 624 g/mol. The number of esters is 2. The maximum Gasteiger partial charge on any atom is 0.339 e. The van der Waals surface area contributed by atoms with E-state index in [0.29, 0.717) is 25.0 Å². The fourth-order valence-corrected chi connectivity index (χ4v) is 4.76. The van der Waals surface area contributed by atoms with E-state index in [1.807, 2.05) is 74.5 Å². The topological polar surface area (TPSA) is 127 Å². The Bertz CT molecular complexity index is 1600. The number of carbonyl (C=O) groups excluding carboxylic acids is 2. The van der Waals surface area contributed by atoms with Gasteiger partial charge in [-0.05, 0) is 66.1 Å². The molecule has 0 saturated carbocycles. The summed E-state index contributed by atoms with van der Waals surface area (Å²) in [6.07, 6.45) is 4.65. The lowest BCUT2D eigenvalue weighted by Gasteiger charge is -2.15. The number of carbonyl (C=O) groups is 4. The van der Waals surface area contributed by atoms with Crippen LogP contribution in [0.25, 0.3) is 0 Å². The fraction of sp³-hybridized carbons (Fsp3) is 0.263. The molecular formula is C38H40O8. The van der Waals surface area contributed by atoms with Crippen LogP contribution in [0, 0.1) is 0 Å². The zero-order valence-electron chi connectivity index (χ0n) is 26.2. The van der Waals surface area contributed by atoms with Crippen LogP contribution < -0.4 is 0 Å². The van der Waals surface area contributed by atoms with Gasteiger partial charge in [-0.2, -0.15) is 0 Å². The lowest BCUT2D eigenvalue weighted by atomic mass is 9.89. The van der Waals surface area contributed by atoms with Crippen LogP contribution in [0.15, 0.2) is 97.1 Å². The molecule has 4 rings (SSSR count). The SMILES string of the molecule is CCCCOC(=O)c1ccccc1C(=O)OCc1ccccc1.CCCCc1c(Cc2ccccc2)ccc(C(=O)O)c1C(=O)O. The summed E-state index contributed by atoms with van der Waals surface area (Å²) in [4.78, 5) is 47.3. The van der Waals surface area contributed by atoms with E-state index in [1.54, 1.807) is 30.3 Å². The van der Waals surface area contributed by atoms with E-state index in [0.717, 1.165) is 42.4 Å². The molecule has 0 radical (unpaired) electrons. The van der Waals surface area contributed by atoms with Gasteiger partial charge in [-0.3, -0.25) is 0 Å². The summed E-state index contributed by atoms with van der Waals surface area (Å²) in [5.41, 5.74) is 3.75. The van der Waals surface area contributed by atoms with Crippen LogP contribution in [0.3, 0.4) is 0 Å². The number of ether oxygens (including phenoxy) is 2. The Kier molecular flexibility index (Phi) is 14.2. The van der Waals surface area contributed by atoms with E-state index in [-0.39, 0.29) is 28.9 Å². The highest BCUT2D eigenvalue weighted by Crippen LogP contribution is 2.25. The molecule has 0 aliphatic heterocycles. The van der Waals surface area contributed by atoms with E-state index in [9.17, 15) is 29.4 Å². The molecule has 0 amide bonds. The van der Waals surface area contributed by atoms with Gasteiger partial charge in [0.25, 0.3) is 0 Å². The van der Waals surface area contributed by atoms with E-state index in [2.05, 4.69) is 0 Å². The summed E-state index contributed by atoms with van der Waals surface area (Å²) in [5, 5.41) is 18.8. The van der Waals surface area contributed by atoms with E-state index >= 15 is 0 Å². The Balaban J connectivity index is 0.000000250. The first kappa shape index (κ1) is 35.2. The van der Waals surface area contributed by atoms with Gasteiger partial charge in [0.15, 0.2) is 0 Å². The van der Waals surface area contributed by atoms with Crippen LogP contribution in [0.2, 0.25) is 0 Å². The third-order valence-corrected chi connectivity index (χ3v) is 7.18. The average Bonchev–Trinajstić information content (AvgIpc) is 3.07. The summed E-state index contributed by atoms with van der Waals surface area (Å²) in [6.45, 7) is 4.56. The molecule has 0 atom stereocenters. The normalized spacial score (nSPS) is 10.3. The smallest absolute Gasteiger partial charge is 0.339 e. The molecule has 0 unspecified atom stereocenters. The van der Waals surface area contributed by atoms with Crippen molar-refractivity contribution in [2.24, 2.45) is 0 Å². The molecule has 2 N–H and O–H groups in total. The van der Waals surface area contributed by atoms with Crippen molar-refractivity contribution in [3.63, 3.8) is 0 Å². The minimum absolute atomic E-state index is 0.0700. The first-order valence-electron chi connectivity index (χ1n) is 15.4. The van der Waals surface area contributed by atoms with Gasteiger partial charge < -0.3 is 19.7 Å². The zero-order valence-corrected chi connectivity index (χ0v) is 26.2. The maximum atomic E-state index is 12.2. The number of aromatic carboxylic acids is 2. The molecule has 0 heterocycles. The summed E-state index contributed by atoms with van der Waals surface area (Å²) >= 11 is 0. The molecule has 240 valence electrons. The molecule has 4 aromatic rings. The molecule has 4 aromatic carbocycles. The van der Waals surface area contributed by atoms with Gasteiger partial charge in [0.2, 0.25) is 0 Å². The molecule has 0 aromatic heterocycles. The van der Waals surface area contributed by atoms with Crippen molar-refractivity contribution in [1.29, 1.82) is 0 Å². The van der Waals surface area contributed by atoms with Crippen molar-refractivity contribution in [1.82, 2.24) is 0 Å². The largest absolute Gasteiger partial charge is 0.478 e. The number of hydrogen-bond acceptors (Lipinski definition) is 6. The third kappa shape index (κ3) is 10.4. The first-order valence-corrected chi connectivity index (χ1v) is 15.4. The van der Waals surface area contributed by atoms with Gasteiger partial charge in [0.1, 0.15) is 6.61 Å². The zero-order chi connectivity index (χ0) is 33.3. The fourth-order valence-electron chi connectivity index (χ4n) is 4.76. The second-order valence-corrected chi connectivity index (χ2v) is 10.6. The molecule has 0 aliphatic carbocycles. The van der Waals surface area contributed by atoms with Crippen LogP contribution in [-0.2, 0) is 28.9 Å². The highest BCUT2D eigenvalue weighted by molar-refractivity contribution is 6.03. The first-order chi connectivity index (χ1) is 22.3. The van der Waals surface area contributed by atoms with Crippen molar-refractivity contribution in [3.8, 4) is 0 Å². The molecular weight excluding hydrogens is 584 g/mol. The van der Waals surface area contributed by atoms with Gasteiger partial charge in [0.05, 0.1) is 28.9 Å². The number of unbranched alkanes of at least 4 members (excludes halogenated alkanes) is 2. The van der Waals surface area contributed by atoms with Crippen LogP contribution >= 0.6 is 0 Å². The van der Waals surface area contributed by atoms with Gasteiger partial charge in [-0.15, -0.1) is 0 Å². The number of carboxylic acids is 2. The number of rotatable bonds is 14. The van der Waals surface area contributed by atoms with Crippen molar-refractivity contribution >= 4 is 23.9 Å². The number of carboxylic acid groups (broad SMARTS) is 2. The summed E-state index contributed by atoms with van der Waals surface area (Å²) in [6, 6.07) is 28.8. The van der Waals surface area contributed by atoms with Crippen molar-refractivity contribution < 1.29 is 38.9 Å². The standard InChI is InChI=1S/2C19H20O4/c1-2-3-13-22-18(20)16-11-7-8-12-17(16)19(21)23-14-15-9-5-4-6-10-15;1-2-3-9-15-14(12-13-7-5-4-6-8-13)10-11-16(18(20)21)17(15)19(22)23/h4-12H,2-3,13-14H2,1H3;4-8,10-11H,2-3,9,12H2,1H3,(H,20,21)(H,22,23). The highest BCUT2D eigenvalue weighted by atomic mass is 16.5. The molecule has 8 heteroatoms. The number of hydrogen-bond donors (Lipinski definition) is 2. The van der Waals surface area contributed by atoms with Gasteiger partial charge in [-0.25, -0.2) is 19.2 Å².